The minimum absolute atomic E-state index is 0.117. The number of nitrogens with one attached hydrogen (secondary N) is 1. The zero-order chi connectivity index (χ0) is 14.5. The Morgan fingerprint density at radius 2 is 2.05 bits per heavy atom. The van der Waals surface area contributed by atoms with Crippen molar-refractivity contribution in [2.24, 2.45) is 0 Å². The fourth-order valence-corrected chi connectivity index (χ4v) is 2.14. The SMILES string of the molecule is CCOc1cc(C)ccc1NCc1cccc(Cl)c1O. The van der Waals surface area contributed by atoms with E-state index in [2.05, 4.69) is 5.32 Å². The number of benzene rings is 2. The molecule has 0 radical (unpaired) electrons. The van der Waals surface area contributed by atoms with Crippen LogP contribution in [0.2, 0.25) is 5.02 Å². The number of rotatable bonds is 5. The first-order valence-corrected chi connectivity index (χ1v) is 6.93. The van der Waals surface area contributed by atoms with Gasteiger partial charge in [0.2, 0.25) is 0 Å². The molecule has 0 spiro atoms. The van der Waals surface area contributed by atoms with Crippen LogP contribution in [0.5, 0.6) is 11.5 Å². The van der Waals surface area contributed by atoms with Crippen LogP contribution in [-0.2, 0) is 6.54 Å². The minimum atomic E-state index is 0.117. The maximum atomic E-state index is 9.89. The molecule has 2 rings (SSSR count). The van der Waals surface area contributed by atoms with E-state index in [1.165, 1.54) is 0 Å². The number of hydrogen-bond acceptors (Lipinski definition) is 3. The predicted molar refractivity (Wildman–Crippen MR) is 82.8 cm³/mol. The van der Waals surface area contributed by atoms with E-state index in [1.54, 1.807) is 6.07 Å². The number of phenolic OH excluding ortho intramolecular Hbond substituents is 1. The third kappa shape index (κ3) is 3.36. The van der Waals surface area contributed by atoms with Gasteiger partial charge in [0.15, 0.2) is 0 Å². The Labute approximate surface area is 124 Å². The molecule has 0 unspecified atom stereocenters. The molecule has 0 aliphatic heterocycles. The summed E-state index contributed by atoms with van der Waals surface area (Å²) in [5.41, 5.74) is 2.79. The smallest absolute Gasteiger partial charge is 0.142 e. The molecule has 0 amide bonds. The van der Waals surface area contributed by atoms with Gasteiger partial charge in [-0.25, -0.2) is 0 Å². The van der Waals surface area contributed by atoms with Crippen LogP contribution in [0.3, 0.4) is 0 Å². The summed E-state index contributed by atoms with van der Waals surface area (Å²) in [5.74, 6) is 0.931. The van der Waals surface area contributed by atoms with E-state index in [4.69, 9.17) is 16.3 Å². The van der Waals surface area contributed by atoms with E-state index in [0.717, 1.165) is 22.6 Å². The number of para-hydroxylation sites is 1. The quantitative estimate of drug-likeness (QED) is 0.860. The lowest BCUT2D eigenvalue weighted by atomic mass is 10.1. The van der Waals surface area contributed by atoms with Crippen LogP contribution in [-0.4, -0.2) is 11.7 Å². The Morgan fingerprint density at radius 3 is 2.80 bits per heavy atom. The summed E-state index contributed by atoms with van der Waals surface area (Å²) in [7, 11) is 0. The zero-order valence-corrected chi connectivity index (χ0v) is 12.4. The molecule has 20 heavy (non-hydrogen) atoms. The molecule has 0 aromatic heterocycles. The highest BCUT2D eigenvalue weighted by Gasteiger charge is 2.07. The summed E-state index contributed by atoms with van der Waals surface area (Å²) in [6, 6.07) is 11.3. The van der Waals surface area contributed by atoms with Crippen LogP contribution >= 0.6 is 11.6 Å². The molecular formula is C16H18ClNO2. The summed E-state index contributed by atoms with van der Waals surface area (Å²) in [6.45, 7) is 5.07. The highest BCUT2D eigenvalue weighted by atomic mass is 35.5. The van der Waals surface area contributed by atoms with Gasteiger partial charge < -0.3 is 15.2 Å². The lowest BCUT2D eigenvalue weighted by Gasteiger charge is -2.14. The van der Waals surface area contributed by atoms with E-state index in [0.29, 0.717) is 18.2 Å². The van der Waals surface area contributed by atoms with Gasteiger partial charge in [0.05, 0.1) is 17.3 Å². The van der Waals surface area contributed by atoms with Crippen molar-refractivity contribution in [2.45, 2.75) is 20.4 Å². The Balaban J connectivity index is 2.16. The normalized spacial score (nSPS) is 10.3. The molecule has 0 saturated heterocycles. The minimum Gasteiger partial charge on any atom is -0.506 e. The molecule has 0 bridgehead atoms. The van der Waals surface area contributed by atoms with Crippen LogP contribution in [0, 0.1) is 6.92 Å². The first-order valence-electron chi connectivity index (χ1n) is 6.55. The van der Waals surface area contributed by atoms with Gasteiger partial charge in [-0.1, -0.05) is 29.8 Å². The molecule has 0 saturated carbocycles. The third-order valence-corrected chi connectivity index (χ3v) is 3.28. The molecule has 2 aromatic rings. The molecule has 0 aliphatic rings. The molecule has 0 aliphatic carbocycles. The van der Waals surface area contributed by atoms with Crippen LogP contribution in [0.25, 0.3) is 0 Å². The van der Waals surface area contributed by atoms with Crippen molar-refractivity contribution in [1.82, 2.24) is 0 Å². The van der Waals surface area contributed by atoms with Crippen molar-refractivity contribution in [3.8, 4) is 11.5 Å². The number of anilines is 1. The van der Waals surface area contributed by atoms with Crippen LogP contribution in [0.1, 0.15) is 18.1 Å². The van der Waals surface area contributed by atoms with E-state index >= 15 is 0 Å². The lowest BCUT2D eigenvalue weighted by molar-refractivity contribution is 0.341. The largest absolute Gasteiger partial charge is 0.506 e. The van der Waals surface area contributed by atoms with Crippen LogP contribution in [0.4, 0.5) is 5.69 Å². The third-order valence-electron chi connectivity index (χ3n) is 2.98. The second kappa shape index (κ2) is 6.53. The maximum absolute atomic E-state index is 9.89. The van der Waals surface area contributed by atoms with Gasteiger partial charge in [-0.15, -0.1) is 0 Å². The van der Waals surface area contributed by atoms with Crippen molar-refractivity contribution in [1.29, 1.82) is 0 Å². The first-order chi connectivity index (χ1) is 9.61. The molecular weight excluding hydrogens is 274 g/mol. The monoisotopic (exact) mass is 291 g/mol. The molecule has 3 nitrogen and oxygen atoms in total. The van der Waals surface area contributed by atoms with E-state index < -0.39 is 0 Å². The molecule has 2 aromatic carbocycles. The number of halogens is 1. The first kappa shape index (κ1) is 14.5. The molecule has 2 N–H and O–H groups in total. The Hall–Kier alpha value is -1.87. The topological polar surface area (TPSA) is 41.5 Å². The van der Waals surface area contributed by atoms with Gasteiger partial charge in [0.25, 0.3) is 0 Å². The molecule has 106 valence electrons. The molecule has 0 fully saturated rings. The van der Waals surface area contributed by atoms with Gasteiger partial charge in [-0.2, -0.15) is 0 Å². The fraction of sp³-hybridized carbons (Fsp3) is 0.250. The predicted octanol–water partition coefficient (Wildman–Crippen LogP) is 4.36. The van der Waals surface area contributed by atoms with Crippen LogP contribution in [0.15, 0.2) is 36.4 Å². The summed E-state index contributed by atoms with van der Waals surface area (Å²) in [4.78, 5) is 0. The molecule has 4 heteroatoms. The fourth-order valence-electron chi connectivity index (χ4n) is 1.94. The van der Waals surface area contributed by atoms with Gasteiger partial charge in [-0.3, -0.25) is 0 Å². The van der Waals surface area contributed by atoms with Crippen molar-refractivity contribution >= 4 is 17.3 Å². The van der Waals surface area contributed by atoms with E-state index in [-0.39, 0.29) is 5.75 Å². The van der Waals surface area contributed by atoms with Crippen molar-refractivity contribution < 1.29 is 9.84 Å². The Bertz CT molecular complexity index is 599. The second-order valence-corrected chi connectivity index (χ2v) is 4.94. The van der Waals surface area contributed by atoms with Gasteiger partial charge >= 0.3 is 0 Å². The van der Waals surface area contributed by atoms with Crippen LogP contribution < -0.4 is 10.1 Å². The van der Waals surface area contributed by atoms with E-state index in [1.807, 2.05) is 44.2 Å². The average Bonchev–Trinajstić information content (AvgIpc) is 2.42. The lowest BCUT2D eigenvalue weighted by Crippen LogP contribution is -2.03. The number of ether oxygens (including phenoxy) is 1. The number of phenols is 1. The number of hydrogen-bond donors (Lipinski definition) is 2. The highest BCUT2D eigenvalue weighted by molar-refractivity contribution is 6.32. The maximum Gasteiger partial charge on any atom is 0.142 e. The van der Waals surface area contributed by atoms with Gasteiger partial charge in [0.1, 0.15) is 11.5 Å². The standard InChI is InChI=1S/C16H18ClNO2/c1-3-20-15-9-11(2)7-8-14(15)18-10-12-5-4-6-13(17)16(12)19/h4-9,18-19H,3,10H2,1-2H3. The average molecular weight is 292 g/mol. The zero-order valence-electron chi connectivity index (χ0n) is 11.6. The molecule has 0 atom stereocenters. The summed E-state index contributed by atoms with van der Waals surface area (Å²) in [5, 5.41) is 13.5. The van der Waals surface area contributed by atoms with Crippen molar-refractivity contribution in [3.63, 3.8) is 0 Å². The van der Waals surface area contributed by atoms with Gasteiger partial charge in [-0.05, 0) is 37.6 Å². The second-order valence-electron chi connectivity index (χ2n) is 4.53. The highest BCUT2D eigenvalue weighted by Crippen LogP contribution is 2.30. The molecule has 0 heterocycles. The Kier molecular flexibility index (Phi) is 4.74. The van der Waals surface area contributed by atoms with Crippen molar-refractivity contribution in [3.05, 3.63) is 52.5 Å². The number of aryl methyl sites for hydroxylation is 1. The van der Waals surface area contributed by atoms with Gasteiger partial charge in [0, 0.05) is 12.1 Å². The summed E-state index contributed by atoms with van der Waals surface area (Å²) < 4.78 is 5.61. The number of aromatic hydroxyl groups is 1. The Morgan fingerprint density at radius 1 is 1.25 bits per heavy atom. The van der Waals surface area contributed by atoms with Crippen molar-refractivity contribution in [2.75, 3.05) is 11.9 Å². The summed E-state index contributed by atoms with van der Waals surface area (Å²) in [6.07, 6.45) is 0. The summed E-state index contributed by atoms with van der Waals surface area (Å²) >= 11 is 5.89. The van der Waals surface area contributed by atoms with E-state index in [9.17, 15) is 5.11 Å².